The van der Waals surface area contributed by atoms with Crippen LogP contribution in [-0.2, 0) is 0 Å². The maximum Gasteiger partial charge on any atom is 0.255 e. The molecule has 0 spiro atoms. The van der Waals surface area contributed by atoms with Crippen LogP contribution in [0.3, 0.4) is 0 Å². The molecule has 0 bridgehead atoms. The van der Waals surface area contributed by atoms with Gasteiger partial charge in [-0.3, -0.25) is 4.79 Å². The number of aromatic nitrogens is 2. The van der Waals surface area contributed by atoms with Gasteiger partial charge < -0.3 is 9.64 Å². The van der Waals surface area contributed by atoms with Gasteiger partial charge in [-0.1, -0.05) is 11.6 Å². The highest BCUT2D eigenvalue weighted by atomic mass is 35.5. The Bertz CT molecular complexity index is 759. The van der Waals surface area contributed by atoms with Crippen LogP contribution in [0.25, 0.3) is 0 Å². The quantitative estimate of drug-likeness (QED) is 0.713. The van der Waals surface area contributed by atoms with Crippen LogP contribution in [0, 0.1) is 5.82 Å². The Morgan fingerprint density at radius 2 is 2.04 bits per heavy atom. The number of amides is 1. The van der Waals surface area contributed by atoms with Gasteiger partial charge in [0, 0.05) is 17.7 Å². The van der Waals surface area contributed by atoms with Gasteiger partial charge in [0.05, 0.1) is 12.7 Å². The van der Waals surface area contributed by atoms with E-state index in [2.05, 4.69) is 9.97 Å². The molecule has 1 heterocycles. The number of ether oxygens (including phenoxy) is 1. The summed E-state index contributed by atoms with van der Waals surface area (Å²) in [4.78, 5) is 20.9. The molecule has 1 aromatic carbocycles. The lowest BCUT2D eigenvalue weighted by Gasteiger charge is -2.26. The summed E-state index contributed by atoms with van der Waals surface area (Å²) in [6.07, 6.45) is -0.213. The molecule has 0 atom stereocenters. The fourth-order valence-corrected chi connectivity index (χ4v) is 2.22. The molecule has 2 aromatic rings. The molecule has 1 aromatic heterocycles. The average molecular weight is 374 g/mol. The van der Waals surface area contributed by atoms with Crippen molar-refractivity contribution in [1.29, 1.82) is 0 Å². The Labute approximate surface area is 147 Å². The Morgan fingerprint density at radius 1 is 1.32 bits per heavy atom. The molecule has 0 fully saturated rings. The van der Waals surface area contributed by atoms with Crippen molar-refractivity contribution in [3.63, 3.8) is 0 Å². The van der Waals surface area contributed by atoms with Crippen molar-refractivity contribution in [1.82, 2.24) is 14.9 Å². The van der Waals surface area contributed by atoms with Gasteiger partial charge in [0.2, 0.25) is 0 Å². The van der Waals surface area contributed by atoms with Gasteiger partial charge in [-0.15, -0.1) is 0 Å². The lowest BCUT2D eigenvalue weighted by Crippen LogP contribution is -2.40. The van der Waals surface area contributed by atoms with E-state index in [4.69, 9.17) is 16.3 Å². The van der Waals surface area contributed by atoms with Crippen LogP contribution in [0.2, 0.25) is 5.15 Å². The van der Waals surface area contributed by atoms with Gasteiger partial charge >= 0.3 is 0 Å². The normalized spacial score (nSPS) is 11.0. The Balaban J connectivity index is 2.31. The number of halogens is 4. The Kier molecular flexibility index (Phi) is 6.19. The van der Waals surface area contributed by atoms with Crippen LogP contribution in [0.4, 0.5) is 13.2 Å². The van der Waals surface area contributed by atoms with Crippen LogP contribution in [0.15, 0.2) is 30.7 Å². The Morgan fingerprint density at radius 3 is 2.64 bits per heavy atom. The SMILES string of the molecule is CC(C)N(CC(F)F)C(=O)c1cc(F)cc(Oc2cncnc2Cl)c1. The highest BCUT2D eigenvalue weighted by molar-refractivity contribution is 6.30. The predicted molar refractivity (Wildman–Crippen MR) is 85.7 cm³/mol. The number of carbonyl (C=O) groups excluding carboxylic acids is 1. The zero-order chi connectivity index (χ0) is 18.6. The van der Waals surface area contributed by atoms with Gasteiger partial charge in [-0.25, -0.2) is 23.1 Å². The summed E-state index contributed by atoms with van der Waals surface area (Å²) in [7, 11) is 0. The first-order chi connectivity index (χ1) is 11.8. The van der Waals surface area contributed by atoms with Crippen LogP contribution >= 0.6 is 11.6 Å². The molecule has 0 saturated carbocycles. The summed E-state index contributed by atoms with van der Waals surface area (Å²) < 4.78 is 44.6. The minimum atomic E-state index is -2.70. The van der Waals surface area contributed by atoms with E-state index in [0.717, 1.165) is 17.0 Å². The number of hydrogen-bond acceptors (Lipinski definition) is 4. The Hall–Kier alpha value is -2.35. The molecule has 0 aliphatic carbocycles. The van der Waals surface area contributed by atoms with Crippen LogP contribution in [-0.4, -0.2) is 39.8 Å². The third-order valence-electron chi connectivity index (χ3n) is 3.20. The standard InChI is InChI=1S/C16H15ClF3N3O2/c1-9(2)23(7-14(19)20)16(24)10-3-11(18)5-12(4-10)25-13-6-21-8-22-15(13)17/h3-6,8-9,14H,7H2,1-2H3. The first-order valence-corrected chi connectivity index (χ1v) is 7.68. The van der Waals surface area contributed by atoms with E-state index in [1.54, 1.807) is 13.8 Å². The molecular weight excluding hydrogens is 359 g/mol. The van der Waals surface area contributed by atoms with Gasteiger partial charge in [0.25, 0.3) is 12.3 Å². The van der Waals surface area contributed by atoms with Crippen molar-refractivity contribution >= 4 is 17.5 Å². The molecule has 0 aliphatic heterocycles. The van der Waals surface area contributed by atoms with E-state index in [9.17, 15) is 18.0 Å². The smallest absolute Gasteiger partial charge is 0.255 e. The van der Waals surface area contributed by atoms with Gasteiger partial charge in [0.1, 0.15) is 17.9 Å². The van der Waals surface area contributed by atoms with Gasteiger partial charge in [0.15, 0.2) is 10.9 Å². The zero-order valence-electron chi connectivity index (χ0n) is 13.4. The van der Waals surface area contributed by atoms with E-state index in [-0.39, 0.29) is 22.2 Å². The highest BCUT2D eigenvalue weighted by Crippen LogP contribution is 2.28. The highest BCUT2D eigenvalue weighted by Gasteiger charge is 2.23. The van der Waals surface area contributed by atoms with Crippen LogP contribution in [0.1, 0.15) is 24.2 Å². The van der Waals surface area contributed by atoms with Crippen molar-refractivity contribution in [3.05, 3.63) is 47.3 Å². The zero-order valence-corrected chi connectivity index (χ0v) is 14.2. The van der Waals surface area contributed by atoms with Gasteiger partial charge in [-0.2, -0.15) is 0 Å². The third-order valence-corrected chi connectivity index (χ3v) is 3.48. The monoisotopic (exact) mass is 373 g/mol. The van der Waals surface area contributed by atoms with E-state index in [0.29, 0.717) is 0 Å². The number of hydrogen-bond donors (Lipinski definition) is 0. The summed E-state index contributed by atoms with van der Waals surface area (Å²) >= 11 is 5.84. The molecule has 0 aliphatic rings. The molecule has 1 amide bonds. The number of nitrogens with zero attached hydrogens (tertiary/aromatic N) is 3. The third kappa shape index (κ3) is 5.06. The van der Waals surface area contributed by atoms with Crippen molar-refractivity contribution in [3.8, 4) is 11.5 Å². The summed E-state index contributed by atoms with van der Waals surface area (Å²) in [5, 5.41) is 0.00800. The second kappa shape index (κ2) is 8.15. The fraction of sp³-hybridized carbons (Fsp3) is 0.312. The molecule has 0 radical (unpaired) electrons. The summed E-state index contributed by atoms with van der Waals surface area (Å²) in [6, 6.07) is 2.76. The predicted octanol–water partition coefficient (Wildman–Crippen LogP) is 4.18. The van der Waals surface area contributed by atoms with Gasteiger partial charge in [-0.05, 0) is 26.0 Å². The van der Waals surface area contributed by atoms with Crippen molar-refractivity contribution in [2.24, 2.45) is 0 Å². The van der Waals surface area contributed by atoms with Crippen molar-refractivity contribution < 1.29 is 22.7 Å². The van der Waals surface area contributed by atoms with E-state index in [1.807, 2.05) is 0 Å². The molecule has 0 N–H and O–H groups in total. The topological polar surface area (TPSA) is 55.3 Å². The lowest BCUT2D eigenvalue weighted by atomic mass is 10.1. The minimum absolute atomic E-state index is 0.00800. The van der Waals surface area contributed by atoms with E-state index in [1.165, 1.54) is 18.6 Å². The number of rotatable bonds is 6. The summed E-state index contributed by atoms with van der Waals surface area (Å²) in [5.74, 6) is -1.44. The first kappa shape index (κ1) is 19.0. The second-order valence-corrected chi connectivity index (χ2v) is 5.76. The molecule has 9 heteroatoms. The maximum absolute atomic E-state index is 13.9. The second-order valence-electron chi connectivity index (χ2n) is 5.40. The average Bonchev–Trinajstić information content (AvgIpc) is 2.53. The van der Waals surface area contributed by atoms with Crippen LogP contribution in [0.5, 0.6) is 11.5 Å². The largest absolute Gasteiger partial charge is 0.452 e. The summed E-state index contributed by atoms with van der Waals surface area (Å²) in [5.41, 5.74) is -0.114. The first-order valence-electron chi connectivity index (χ1n) is 7.31. The minimum Gasteiger partial charge on any atom is -0.452 e. The molecule has 2 rings (SSSR count). The maximum atomic E-state index is 13.9. The summed E-state index contributed by atoms with van der Waals surface area (Å²) in [6.45, 7) is 2.44. The number of carbonyl (C=O) groups is 1. The number of benzene rings is 1. The molecular formula is C16H15ClF3N3O2. The van der Waals surface area contributed by atoms with E-state index >= 15 is 0 Å². The molecule has 0 saturated heterocycles. The molecule has 25 heavy (non-hydrogen) atoms. The van der Waals surface area contributed by atoms with Crippen LogP contribution < -0.4 is 4.74 Å². The number of alkyl halides is 2. The molecule has 0 unspecified atom stereocenters. The van der Waals surface area contributed by atoms with Crippen molar-refractivity contribution in [2.75, 3.05) is 6.54 Å². The molecule has 134 valence electrons. The molecule has 5 nitrogen and oxygen atoms in total. The van der Waals surface area contributed by atoms with E-state index < -0.39 is 30.7 Å². The van der Waals surface area contributed by atoms with Crippen molar-refractivity contribution in [2.45, 2.75) is 26.3 Å². The fourth-order valence-electron chi connectivity index (χ4n) is 2.09. The lowest BCUT2D eigenvalue weighted by molar-refractivity contribution is 0.0475.